The molecule has 0 heterocycles. The largest absolute Gasteiger partial charge is 0.427 e. The number of esters is 1. The van der Waals surface area contributed by atoms with Gasteiger partial charge in [0.1, 0.15) is 5.75 Å². The second-order valence-electron chi connectivity index (χ2n) is 20.9. The minimum absolute atomic E-state index is 0.0982. The number of benzene rings is 1. The Labute approximate surface area is 403 Å². The van der Waals surface area contributed by atoms with Gasteiger partial charge in [0.25, 0.3) is 0 Å². The van der Waals surface area contributed by atoms with Gasteiger partial charge in [0.2, 0.25) is 0 Å². The van der Waals surface area contributed by atoms with Gasteiger partial charge in [-0.25, -0.2) is 0 Å². The van der Waals surface area contributed by atoms with E-state index in [4.69, 9.17) is 4.74 Å². The molecule has 0 saturated carbocycles. The fourth-order valence-corrected chi connectivity index (χ4v) is 10.0. The number of hydrogen-bond acceptors (Lipinski definition) is 2. The summed E-state index contributed by atoms with van der Waals surface area (Å²) in [7, 11) is 0. The summed E-state index contributed by atoms with van der Waals surface area (Å²) in [6.45, 7) is 2.31. The van der Waals surface area contributed by atoms with Crippen molar-refractivity contribution < 1.29 is 9.53 Å². The van der Waals surface area contributed by atoms with Crippen molar-refractivity contribution in [2.45, 2.75) is 354 Å². The van der Waals surface area contributed by atoms with Gasteiger partial charge in [-0.1, -0.05) is 359 Å². The van der Waals surface area contributed by atoms with E-state index in [9.17, 15) is 4.79 Å². The van der Waals surface area contributed by atoms with Gasteiger partial charge in [-0.05, 0) is 18.6 Å². The smallest absolute Gasteiger partial charge is 0.311 e. The molecule has 0 atom stereocenters. The summed E-state index contributed by atoms with van der Waals surface area (Å²) in [4.78, 5) is 11.9. The molecule has 0 amide bonds. The van der Waals surface area contributed by atoms with Crippen molar-refractivity contribution in [1.82, 2.24) is 0 Å². The van der Waals surface area contributed by atoms with Gasteiger partial charge in [0.15, 0.2) is 0 Å². The summed E-state index contributed by atoms with van der Waals surface area (Å²) in [5.74, 6) is 0.560. The highest BCUT2D eigenvalue weighted by molar-refractivity contribution is 5.72. The second kappa shape index (κ2) is 54.3. The van der Waals surface area contributed by atoms with Crippen LogP contribution in [-0.4, -0.2) is 5.97 Å². The van der Waals surface area contributed by atoms with Crippen molar-refractivity contribution in [3.05, 3.63) is 30.3 Å². The van der Waals surface area contributed by atoms with Crippen molar-refractivity contribution in [3.8, 4) is 5.75 Å². The molecular weight excluding hydrogens is 777 g/mol. The summed E-state index contributed by atoms with van der Waals surface area (Å²) >= 11 is 0. The van der Waals surface area contributed by atoms with E-state index in [1.165, 1.54) is 327 Å². The van der Waals surface area contributed by atoms with Gasteiger partial charge in [-0.15, -0.1) is 0 Å². The molecular formula is C62H116O2. The molecule has 1 aromatic carbocycles. The number of hydrogen-bond donors (Lipinski definition) is 0. The van der Waals surface area contributed by atoms with Crippen molar-refractivity contribution in [3.63, 3.8) is 0 Å². The zero-order chi connectivity index (χ0) is 45.6. The summed E-state index contributed by atoms with van der Waals surface area (Å²) in [5, 5.41) is 0. The van der Waals surface area contributed by atoms with Crippen molar-refractivity contribution in [2.75, 3.05) is 0 Å². The van der Waals surface area contributed by atoms with Crippen LogP contribution in [-0.2, 0) is 4.79 Å². The van der Waals surface area contributed by atoms with Gasteiger partial charge in [0.05, 0.1) is 0 Å². The summed E-state index contributed by atoms with van der Waals surface area (Å²) in [6, 6.07) is 9.42. The highest BCUT2D eigenvalue weighted by atomic mass is 16.5. The monoisotopic (exact) mass is 893 g/mol. The minimum atomic E-state index is -0.0982. The SMILES string of the molecule is CCCCCCCCCCCCCCCCCCCCCCCCCCCCCCCCCCCCCCCCCCCCCCCCCCCCCCCC(=O)Oc1ccccc1. The van der Waals surface area contributed by atoms with Crippen LogP contribution in [0.2, 0.25) is 0 Å². The first-order valence-corrected chi connectivity index (χ1v) is 30.1. The standard InChI is InChI=1S/C62H116O2/c1-2-3-4-5-6-7-8-9-10-11-12-13-14-15-16-17-18-19-20-21-22-23-24-25-26-27-28-29-30-31-32-33-34-35-36-37-38-39-40-41-42-43-44-45-46-47-48-49-50-51-52-53-57-60-62(63)64-61-58-55-54-56-59-61/h54-56,58-59H,2-53,57,60H2,1H3. The summed E-state index contributed by atoms with van der Waals surface area (Å²) in [6.07, 6.45) is 77.3. The minimum Gasteiger partial charge on any atom is -0.427 e. The van der Waals surface area contributed by atoms with Crippen LogP contribution in [0.1, 0.15) is 354 Å². The van der Waals surface area contributed by atoms with E-state index in [1.807, 2.05) is 30.3 Å². The van der Waals surface area contributed by atoms with Crippen LogP contribution in [0, 0.1) is 0 Å². The highest BCUT2D eigenvalue weighted by Crippen LogP contribution is 2.20. The lowest BCUT2D eigenvalue weighted by atomic mass is 10.0. The highest BCUT2D eigenvalue weighted by Gasteiger charge is 2.04. The van der Waals surface area contributed by atoms with E-state index in [0.29, 0.717) is 12.2 Å². The van der Waals surface area contributed by atoms with Crippen molar-refractivity contribution in [1.29, 1.82) is 0 Å². The molecule has 64 heavy (non-hydrogen) atoms. The zero-order valence-corrected chi connectivity index (χ0v) is 43.9. The van der Waals surface area contributed by atoms with Crippen LogP contribution in [0.5, 0.6) is 5.75 Å². The molecule has 2 nitrogen and oxygen atoms in total. The second-order valence-corrected chi connectivity index (χ2v) is 20.9. The van der Waals surface area contributed by atoms with E-state index in [-0.39, 0.29) is 5.97 Å². The maximum absolute atomic E-state index is 11.9. The first-order chi connectivity index (χ1) is 31.8. The molecule has 2 heteroatoms. The van der Waals surface area contributed by atoms with Gasteiger partial charge in [0, 0.05) is 6.42 Å². The maximum atomic E-state index is 11.9. The molecule has 0 fully saturated rings. The predicted octanol–water partition coefficient (Wildman–Crippen LogP) is 22.7. The third kappa shape index (κ3) is 50.1. The van der Waals surface area contributed by atoms with Gasteiger partial charge < -0.3 is 4.74 Å². The van der Waals surface area contributed by atoms with E-state index in [1.54, 1.807) is 0 Å². The topological polar surface area (TPSA) is 26.3 Å². The molecule has 0 aliphatic carbocycles. The molecule has 0 bridgehead atoms. The van der Waals surface area contributed by atoms with Crippen LogP contribution in [0.15, 0.2) is 30.3 Å². The molecule has 1 rings (SSSR count). The number of para-hydroxylation sites is 1. The van der Waals surface area contributed by atoms with E-state index >= 15 is 0 Å². The Balaban J connectivity index is 1.60. The number of rotatable bonds is 55. The van der Waals surface area contributed by atoms with Crippen LogP contribution < -0.4 is 4.74 Å². The molecule has 0 aliphatic rings. The quantitative estimate of drug-likeness (QED) is 0.0370. The molecule has 0 aromatic heterocycles. The van der Waals surface area contributed by atoms with Gasteiger partial charge >= 0.3 is 5.97 Å². The summed E-state index contributed by atoms with van der Waals surface area (Å²) < 4.78 is 5.36. The average Bonchev–Trinajstić information content (AvgIpc) is 3.31. The Hall–Kier alpha value is -1.31. The normalized spacial score (nSPS) is 11.5. The van der Waals surface area contributed by atoms with Crippen molar-refractivity contribution >= 4 is 5.97 Å². The number of unbranched alkanes of at least 4 members (excludes halogenated alkanes) is 52. The zero-order valence-electron chi connectivity index (χ0n) is 43.9. The van der Waals surface area contributed by atoms with Crippen LogP contribution >= 0.6 is 0 Å². The fourth-order valence-electron chi connectivity index (χ4n) is 10.0. The first-order valence-electron chi connectivity index (χ1n) is 30.1. The summed E-state index contributed by atoms with van der Waals surface area (Å²) in [5.41, 5.74) is 0. The first kappa shape index (κ1) is 60.7. The molecule has 0 aliphatic heterocycles. The molecule has 1 aromatic rings. The van der Waals surface area contributed by atoms with Gasteiger partial charge in [-0.2, -0.15) is 0 Å². The van der Waals surface area contributed by atoms with Gasteiger partial charge in [-0.3, -0.25) is 4.79 Å². The van der Waals surface area contributed by atoms with Crippen LogP contribution in [0.4, 0.5) is 0 Å². The average molecular weight is 894 g/mol. The van der Waals surface area contributed by atoms with Crippen molar-refractivity contribution in [2.24, 2.45) is 0 Å². The lowest BCUT2D eigenvalue weighted by molar-refractivity contribution is -0.134. The predicted molar refractivity (Wildman–Crippen MR) is 287 cm³/mol. The number of ether oxygens (including phenoxy) is 1. The molecule has 0 saturated heterocycles. The number of carbonyl (C=O) groups excluding carboxylic acids is 1. The van der Waals surface area contributed by atoms with Crippen LogP contribution in [0.25, 0.3) is 0 Å². The molecule has 376 valence electrons. The Morgan fingerprint density at radius 2 is 0.438 bits per heavy atom. The lowest BCUT2D eigenvalue weighted by Gasteiger charge is -2.05. The molecule has 0 N–H and O–H groups in total. The Morgan fingerprint density at radius 1 is 0.266 bits per heavy atom. The third-order valence-corrected chi connectivity index (χ3v) is 14.5. The van der Waals surface area contributed by atoms with E-state index in [2.05, 4.69) is 6.92 Å². The van der Waals surface area contributed by atoms with Crippen LogP contribution in [0.3, 0.4) is 0 Å². The maximum Gasteiger partial charge on any atom is 0.311 e. The van der Waals surface area contributed by atoms with E-state index in [0.717, 1.165) is 12.8 Å². The Morgan fingerprint density at radius 3 is 0.625 bits per heavy atom. The Bertz CT molecular complexity index is 988. The molecule has 0 radical (unpaired) electrons. The Kier molecular flexibility index (Phi) is 51.5. The molecule has 0 spiro atoms. The molecule has 0 unspecified atom stereocenters. The number of carbonyl (C=O) groups is 1. The fraction of sp³-hybridized carbons (Fsp3) is 0.887. The van der Waals surface area contributed by atoms with E-state index < -0.39 is 0 Å². The third-order valence-electron chi connectivity index (χ3n) is 14.5. The lowest BCUT2D eigenvalue weighted by Crippen LogP contribution is -2.07.